The molecule has 0 aromatic carbocycles. The molecule has 96 valence electrons. The van der Waals surface area contributed by atoms with Crippen LogP contribution in [0.25, 0.3) is 0 Å². The molecule has 18 heavy (non-hydrogen) atoms. The van der Waals surface area contributed by atoms with Crippen LogP contribution >= 0.6 is 0 Å². The van der Waals surface area contributed by atoms with Gasteiger partial charge in [-0.25, -0.2) is 0 Å². The zero-order valence-corrected chi connectivity index (χ0v) is 10.6. The number of rotatable bonds is 6. The van der Waals surface area contributed by atoms with Crippen molar-refractivity contribution >= 4 is 0 Å². The normalized spacial score (nSPS) is 12.8. The number of furan rings is 1. The first kappa shape index (κ1) is 12.8. The smallest absolute Gasteiger partial charge is 0.117 e. The molecule has 2 heterocycles. The van der Waals surface area contributed by atoms with Crippen LogP contribution in [0.4, 0.5) is 0 Å². The SMILES string of the molecule is CCN(Cc1ccco1)C(CN)c1cccnc1. The second-order valence-electron chi connectivity index (χ2n) is 4.18. The van der Waals surface area contributed by atoms with Gasteiger partial charge in [-0.2, -0.15) is 0 Å². The monoisotopic (exact) mass is 245 g/mol. The Kier molecular flexibility index (Phi) is 4.50. The molecular formula is C14H19N3O. The number of nitrogens with two attached hydrogens (primary N) is 1. The molecule has 2 aromatic heterocycles. The Morgan fingerprint density at radius 3 is 2.83 bits per heavy atom. The third-order valence-electron chi connectivity index (χ3n) is 3.08. The minimum absolute atomic E-state index is 0.175. The van der Waals surface area contributed by atoms with Gasteiger partial charge < -0.3 is 10.2 Å². The molecular weight excluding hydrogens is 226 g/mol. The van der Waals surface area contributed by atoms with Crippen molar-refractivity contribution in [3.8, 4) is 0 Å². The Bertz CT molecular complexity index is 441. The highest BCUT2D eigenvalue weighted by atomic mass is 16.3. The summed E-state index contributed by atoms with van der Waals surface area (Å²) in [5.41, 5.74) is 7.06. The molecule has 2 aromatic rings. The van der Waals surface area contributed by atoms with Crippen LogP contribution in [0.5, 0.6) is 0 Å². The van der Waals surface area contributed by atoms with E-state index >= 15 is 0 Å². The van der Waals surface area contributed by atoms with Crippen LogP contribution in [0.2, 0.25) is 0 Å². The maximum Gasteiger partial charge on any atom is 0.117 e. The van der Waals surface area contributed by atoms with Crippen LogP contribution in [-0.2, 0) is 6.54 Å². The predicted octanol–water partition coefficient (Wildman–Crippen LogP) is 2.20. The molecule has 0 bridgehead atoms. The number of hydrogen-bond acceptors (Lipinski definition) is 4. The summed E-state index contributed by atoms with van der Waals surface area (Å²) in [6, 6.07) is 8.08. The lowest BCUT2D eigenvalue weighted by Crippen LogP contribution is -2.33. The molecule has 2 rings (SSSR count). The molecule has 0 aliphatic heterocycles. The Morgan fingerprint density at radius 2 is 2.28 bits per heavy atom. The molecule has 0 amide bonds. The van der Waals surface area contributed by atoms with Gasteiger partial charge in [0.25, 0.3) is 0 Å². The van der Waals surface area contributed by atoms with Gasteiger partial charge in [-0.1, -0.05) is 13.0 Å². The van der Waals surface area contributed by atoms with Gasteiger partial charge in [0.15, 0.2) is 0 Å². The molecule has 0 spiro atoms. The van der Waals surface area contributed by atoms with E-state index in [1.807, 2.05) is 24.4 Å². The lowest BCUT2D eigenvalue weighted by Gasteiger charge is -2.29. The summed E-state index contributed by atoms with van der Waals surface area (Å²) in [6.07, 6.45) is 5.35. The molecule has 0 saturated heterocycles. The number of hydrogen-bond donors (Lipinski definition) is 1. The molecule has 2 N–H and O–H groups in total. The second kappa shape index (κ2) is 6.33. The van der Waals surface area contributed by atoms with E-state index in [2.05, 4.69) is 22.9 Å². The maximum absolute atomic E-state index is 5.91. The molecule has 0 aliphatic carbocycles. The van der Waals surface area contributed by atoms with Crippen LogP contribution in [-0.4, -0.2) is 23.0 Å². The average molecular weight is 245 g/mol. The third-order valence-corrected chi connectivity index (χ3v) is 3.08. The van der Waals surface area contributed by atoms with Crippen LogP contribution in [0.3, 0.4) is 0 Å². The predicted molar refractivity (Wildman–Crippen MR) is 70.8 cm³/mol. The van der Waals surface area contributed by atoms with E-state index in [0.717, 1.165) is 24.4 Å². The maximum atomic E-state index is 5.91. The van der Waals surface area contributed by atoms with Crippen LogP contribution in [0, 0.1) is 0 Å². The molecule has 1 unspecified atom stereocenters. The van der Waals surface area contributed by atoms with E-state index in [1.165, 1.54) is 0 Å². The number of pyridine rings is 1. The van der Waals surface area contributed by atoms with Crippen LogP contribution < -0.4 is 5.73 Å². The summed E-state index contributed by atoms with van der Waals surface area (Å²) in [4.78, 5) is 6.45. The summed E-state index contributed by atoms with van der Waals surface area (Å²) >= 11 is 0. The van der Waals surface area contributed by atoms with Crippen molar-refractivity contribution in [2.75, 3.05) is 13.1 Å². The molecule has 0 fully saturated rings. The molecule has 4 heteroatoms. The standard InChI is InChI=1S/C14H19N3O/c1-2-17(11-13-6-4-8-18-13)14(9-15)12-5-3-7-16-10-12/h3-8,10,14H,2,9,11,15H2,1H3. The zero-order chi connectivity index (χ0) is 12.8. The van der Waals surface area contributed by atoms with Crippen molar-refractivity contribution in [2.45, 2.75) is 19.5 Å². The highest BCUT2D eigenvalue weighted by Crippen LogP contribution is 2.20. The lowest BCUT2D eigenvalue weighted by atomic mass is 10.1. The number of aromatic nitrogens is 1. The van der Waals surface area contributed by atoms with Gasteiger partial charge in [-0.05, 0) is 30.3 Å². The van der Waals surface area contributed by atoms with E-state index in [1.54, 1.807) is 12.5 Å². The highest BCUT2D eigenvalue weighted by molar-refractivity contribution is 5.15. The summed E-state index contributed by atoms with van der Waals surface area (Å²) in [5.74, 6) is 0.958. The molecule has 0 radical (unpaired) electrons. The van der Waals surface area contributed by atoms with Crippen molar-refractivity contribution < 1.29 is 4.42 Å². The quantitative estimate of drug-likeness (QED) is 0.847. The minimum Gasteiger partial charge on any atom is -0.468 e. The summed E-state index contributed by atoms with van der Waals surface area (Å²) < 4.78 is 5.40. The number of nitrogens with zero attached hydrogens (tertiary/aromatic N) is 2. The summed E-state index contributed by atoms with van der Waals surface area (Å²) in [7, 11) is 0. The Morgan fingerprint density at radius 1 is 1.39 bits per heavy atom. The van der Waals surface area contributed by atoms with E-state index in [0.29, 0.717) is 6.54 Å². The van der Waals surface area contributed by atoms with Crippen molar-refractivity contribution in [3.05, 3.63) is 54.2 Å². The largest absolute Gasteiger partial charge is 0.468 e. The van der Waals surface area contributed by atoms with Gasteiger partial charge >= 0.3 is 0 Å². The highest BCUT2D eigenvalue weighted by Gasteiger charge is 2.18. The van der Waals surface area contributed by atoms with Crippen molar-refractivity contribution in [2.24, 2.45) is 5.73 Å². The zero-order valence-electron chi connectivity index (χ0n) is 10.6. The Balaban J connectivity index is 2.14. The molecule has 0 aliphatic rings. The lowest BCUT2D eigenvalue weighted by molar-refractivity contribution is 0.187. The third kappa shape index (κ3) is 2.97. The van der Waals surface area contributed by atoms with Gasteiger partial charge in [-0.15, -0.1) is 0 Å². The summed E-state index contributed by atoms with van der Waals surface area (Å²) in [5, 5.41) is 0. The first-order valence-corrected chi connectivity index (χ1v) is 6.21. The molecule has 1 atom stereocenters. The van der Waals surface area contributed by atoms with E-state index in [9.17, 15) is 0 Å². The van der Waals surface area contributed by atoms with Crippen molar-refractivity contribution in [1.82, 2.24) is 9.88 Å². The van der Waals surface area contributed by atoms with Gasteiger partial charge in [0.05, 0.1) is 12.8 Å². The van der Waals surface area contributed by atoms with Gasteiger partial charge in [0.2, 0.25) is 0 Å². The average Bonchev–Trinajstić information content (AvgIpc) is 2.92. The van der Waals surface area contributed by atoms with Crippen molar-refractivity contribution in [1.29, 1.82) is 0 Å². The fraction of sp³-hybridized carbons (Fsp3) is 0.357. The molecule has 0 saturated carbocycles. The Hall–Kier alpha value is -1.65. The van der Waals surface area contributed by atoms with Crippen LogP contribution in [0.1, 0.15) is 24.3 Å². The molecule has 4 nitrogen and oxygen atoms in total. The first-order chi connectivity index (χ1) is 8.85. The summed E-state index contributed by atoms with van der Waals surface area (Å²) in [6.45, 7) is 4.37. The number of likely N-dealkylation sites (N-methyl/N-ethyl adjacent to an activating group) is 1. The van der Waals surface area contributed by atoms with Gasteiger partial charge in [0.1, 0.15) is 5.76 Å². The van der Waals surface area contributed by atoms with Crippen molar-refractivity contribution in [3.63, 3.8) is 0 Å². The first-order valence-electron chi connectivity index (χ1n) is 6.21. The topological polar surface area (TPSA) is 55.3 Å². The second-order valence-corrected chi connectivity index (χ2v) is 4.18. The van der Waals surface area contributed by atoms with Gasteiger partial charge in [-0.3, -0.25) is 9.88 Å². The van der Waals surface area contributed by atoms with Crippen LogP contribution in [0.15, 0.2) is 47.3 Å². The van der Waals surface area contributed by atoms with E-state index in [4.69, 9.17) is 10.2 Å². The van der Waals surface area contributed by atoms with Gasteiger partial charge in [0, 0.05) is 25.0 Å². The fourth-order valence-corrected chi connectivity index (χ4v) is 2.11. The van der Waals surface area contributed by atoms with E-state index < -0.39 is 0 Å². The van der Waals surface area contributed by atoms with E-state index in [-0.39, 0.29) is 6.04 Å². The fourth-order valence-electron chi connectivity index (χ4n) is 2.11. The minimum atomic E-state index is 0.175. The Labute approximate surface area is 107 Å².